The molecule has 48 heavy (non-hydrogen) atoms. The van der Waals surface area contributed by atoms with E-state index in [9.17, 15) is 24.6 Å². The molecule has 9 nitrogen and oxygen atoms in total. The third-order valence-corrected chi connectivity index (χ3v) is 9.86. The number of terminal acetylenes is 2. The number of hydrogen-bond acceptors (Lipinski definition) is 6. The molecule has 1 aromatic rings. The standard InChI is InChI=1S/C39H60N4O5/c1-7-12-23-34(44)37(46)33(27-30-21-17-14-18-22-30)40-39(48)36(31(8-2)9-3)41-38(47)32(26-29-19-15-13-16-20-29)28-35(45)42(6)24-25-43(10-4)11-5/h1-2,13,15-16,19-20,30-34,36-37,44,46H,9-12,14,17-18,21-28H2,3-6H3,(H,40,48)(H,41,47)/t31?,32?,33?,34?,36-,37+/m0/s1. The smallest absolute Gasteiger partial charge is 0.244 e. The summed E-state index contributed by atoms with van der Waals surface area (Å²) in [6.07, 6.45) is 15.9. The second-order valence-corrected chi connectivity index (χ2v) is 13.3. The molecule has 1 aliphatic rings. The maximum Gasteiger partial charge on any atom is 0.244 e. The molecule has 6 atom stereocenters. The Hall–Kier alpha value is -3.37. The molecule has 1 fully saturated rings. The number of aliphatic hydroxyl groups is 2. The summed E-state index contributed by atoms with van der Waals surface area (Å²) in [5.41, 5.74) is 0.901. The second-order valence-electron chi connectivity index (χ2n) is 13.3. The van der Waals surface area contributed by atoms with E-state index in [4.69, 9.17) is 12.8 Å². The Labute approximate surface area is 289 Å². The van der Waals surface area contributed by atoms with Crippen LogP contribution >= 0.6 is 0 Å². The van der Waals surface area contributed by atoms with Crippen LogP contribution in [0.4, 0.5) is 0 Å². The fraction of sp³-hybridized carbons (Fsp3) is 0.667. The van der Waals surface area contributed by atoms with Gasteiger partial charge >= 0.3 is 0 Å². The number of likely N-dealkylation sites (N-methyl/N-ethyl adjacent to an activating group) is 2. The van der Waals surface area contributed by atoms with Gasteiger partial charge in [0, 0.05) is 38.9 Å². The van der Waals surface area contributed by atoms with Gasteiger partial charge in [0.05, 0.1) is 18.1 Å². The molecule has 4 N–H and O–H groups in total. The quantitative estimate of drug-likeness (QED) is 0.149. The Kier molecular flexibility index (Phi) is 19.0. The summed E-state index contributed by atoms with van der Waals surface area (Å²) in [5.74, 6) is 2.99. The van der Waals surface area contributed by atoms with E-state index in [1.54, 1.807) is 11.9 Å². The molecule has 9 heteroatoms. The Morgan fingerprint density at radius 1 is 0.958 bits per heavy atom. The maximum atomic E-state index is 14.0. The monoisotopic (exact) mass is 664 g/mol. The predicted molar refractivity (Wildman–Crippen MR) is 191 cm³/mol. The summed E-state index contributed by atoms with van der Waals surface area (Å²) < 4.78 is 0. The van der Waals surface area contributed by atoms with Gasteiger partial charge in [0.2, 0.25) is 17.7 Å². The molecule has 1 aromatic carbocycles. The molecule has 0 spiro atoms. The van der Waals surface area contributed by atoms with Gasteiger partial charge in [-0.2, -0.15) is 0 Å². The van der Waals surface area contributed by atoms with Crippen LogP contribution < -0.4 is 10.6 Å². The molecule has 4 unspecified atom stereocenters. The highest BCUT2D eigenvalue weighted by molar-refractivity contribution is 5.91. The Balaban J connectivity index is 2.31. The van der Waals surface area contributed by atoms with Crippen LogP contribution in [0.2, 0.25) is 0 Å². The average Bonchev–Trinajstić information content (AvgIpc) is 3.10. The fourth-order valence-corrected chi connectivity index (χ4v) is 6.56. The van der Waals surface area contributed by atoms with E-state index in [1.165, 1.54) is 0 Å². The summed E-state index contributed by atoms with van der Waals surface area (Å²) in [7, 11) is 1.75. The molecule has 0 bridgehead atoms. The number of benzene rings is 1. The fourth-order valence-electron chi connectivity index (χ4n) is 6.56. The zero-order chi connectivity index (χ0) is 35.5. The molecule has 1 saturated carbocycles. The van der Waals surface area contributed by atoms with Gasteiger partial charge in [-0.3, -0.25) is 14.4 Å². The molecule has 3 amide bonds. The molecule has 1 aliphatic carbocycles. The lowest BCUT2D eigenvalue weighted by molar-refractivity contribution is -0.137. The lowest BCUT2D eigenvalue weighted by Crippen LogP contribution is -2.57. The first-order valence-electron chi connectivity index (χ1n) is 17.9. The van der Waals surface area contributed by atoms with Crippen LogP contribution in [0.5, 0.6) is 0 Å². The van der Waals surface area contributed by atoms with Crippen LogP contribution in [-0.2, 0) is 20.8 Å². The highest BCUT2D eigenvalue weighted by Gasteiger charge is 2.36. The number of rotatable bonds is 21. The number of carbonyl (C=O) groups excluding carboxylic acids is 3. The second kappa shape index (κ2) is 22.3. The molecule has 0 aromatic heterocycles. The largest absolute Gasteiger partial charge is 0.390 e. The van der Waals surface area contributed by atoms with Gasteiger partial charge in [-0.15, -0.1) is 24.7 Å². The number of carbonyl (C=O) groups is 3. The molecular formula is C39H60N4O5. The summed E-state index contributed by atoms with van der Waals surface area (Å²) in [6.45, 7) is 9.06. The predicted octanol–water partition coefficient (Wildman–Crippen LogP) is 3.77. The van der Waals surface area contributed by atoms with Crippen LogP contribution in [0, 0.1) is 42.4 Å². The Bertz CT molecular complexity index is 1180. The van der Waals surface area contributed by atoms with Gasteiger partial charge < -0.3 is 30.6 Å². The first-order chi connectivity index (χ1) is 23.1. The molecule has 0 heterocycles. The Morgan fingerprint density at radius 2 is 1.62 bits per heavy atom. The topological polar surface area (TPSA) is 122 Å². The summed E-state index contributed by atoms with van der Waals surface area (Å²) in [4.78, 5) is 45.4. The van der Waals surface area contributed by atoms with E-state index in [0.29, 0.717) is 38.1 Å². The molecule has 0 saturated heterocycles. The summed E-state index contributed by atoms with van der Waals surface area (Å²) in [5, 5.41) is 27.8. The Morgan fingerprint density at radius 3 is 2.21 bits per heavy atom. The van der Waals surface area contributed by atoms with Crippen LogP contribution in [-0.4, -0.2) is 95.3 Å². The van der Waals surface area contributed by atoms with Crippen molar-refractivity contribution in [2.75, 3.05) is 33.2 Å². The minimum absolute atomic E-state index is 0.0267. The number of nitrogens with one attached hydrogen (secondary N) is 2. The van der Waals surface area contributed by atoms with Crippen molar-refractivity contribution >= 4 is 17.7 Å². The van der Waals surface area contributed by atoms with Gasteiger partial charge in [0.1, 0.15) is 12.1 Å². The van der Waals surface area contributed by atoms with Crippen LogP contribution in [0.3, 0.4) is 0 Å². The van der Waals surface area contributed by atoms with Crippen LogP contribution in [0.25, 0.3) is 0 Å². The molecule has 0 aliphatic heterocycles. The van der Waals surface area contributed by atoms with Crippen molar-refractivity contribution < 1.29 is 24.6 Å². The lowest BCUT2D eigenvalue weighted by Gasteiger charge is -2.34. The zero-order valence-corrected chi connectivity index (χ0v) is 29.7. The number of amides is 3. The third-order valence-electron chi connectivity index (χ3n) is 9.86. The summed E-state index contributed by atoms with van der Waals surface area (Å²) >= 11 is 0. The first kappa shape index (κ1) is 40.8. The normalized spacial score (nSPS) is 17.2. The third kappa shape index (κ3) is 13.6. The van der Waals surface area contributed by atoms with Gasteiger partial charge in [0.25, 0.3) is 0 Å². The maximum absolute atomic E-state index is 14.0. The number of aliphatic hydroxyl groups excluding tert-OH is 2. The minimum atomic E-state index is -1.23. The van der Waals surface area contributed by atoms with Gasteiger partial charge in [-0.05, 0) is 50.3 Å². The van der Waals surface area contributed by atoms with Crippen molar-refractivity contribution in [3.8, 4) is 24.7 Å². The van der Waals surface area contributed by atoms with Gasteiger partial charge in [-0.1, -0.05) is 83.2 Å². The van der Waals surface area contributed by atoms with Crippen LogP contribution in [0.15, 0.2) is 30.3 Å². The molecule has 0 radical (unpaired) electrons. The molecule has 2 rings (SSSR count). The van der Waals surface area contributed by atoms with E-state index in [-0.39, 0.29) is 18.7 Å². The van der Waals surface area contributed by atoms with E-state index >= 15 is 0 Å². The van der Waals surface area contributed by atoms with Crippen molar-refractivity contribution in [1.82, 2.24) is 20.4 Å². The van der Waals surface area contributed by atoms with E-state index in [0.717, 1.165) is 57.3 Å². The average molecular weight is 665 g/mol. The van der Waals surface area contributed by atoms with E-state index in [2.05, 4.69) is 41.2 Å². The molecule has 266 valence electrons. The van der Waals surface area contributed by atoms with E-state index in [1.807, 2.05) is 37.3 Å². The molecular weight excluding hydrogens is 604 g/mol. The highest BCUT2D eigenvalue weighted by atomic mass is 16.3. The minimum Gasteiger partial charge on any atom is -0.390 e. The zero-order valence-electron chi connectivity index (χ0n) is 29.7. The lowest BCUT2D eigenvalue weighted by atomic mass is 9.82. The van der Waals surface area contributed by atoms with Crippen molar-refractivity contribution in [2.24, 2.45) is 17.8 Å². The van der Waals surface area contributed by atoms with Crippen molar-refractivity contribution in [2.45, 2.75) is 116 Å². The van der Waals surface area contributed by atoms with Gasteiger partial charge in [0.15, 0.2) is 0 Å². The summed E-state index contributed by atoms with van der Waals surface area (Å²) in [6, 6.07) is 7.66. The highest BCUT2D eigenvalue weighted by Crippen LogP contribution is 2.29. The van der Waals surface area contributed by atoms with Crippen molar-refractivity contribution in [3.63, 3.8) is 0 Å². The SMILES string of the molecule is C#CCCC(O)[C@H](O)C(CC1CCCCC1)NC(=O)[C@@H](NC(=O)C(CC(=O)N(C)CCN(CC)CC)Cc1ccccc1)C(C#C)CC. The van der Waals surface area contributed by atoms with Crippen molar-refractivity contribution in [1.29, 1.82) is 0 Å². The number of nitrogens with zero attached hydrogens (tertiary/aromatic N) is 2. The van der Waals surface area contributed by atoms with Gasteiger partial charge in [-0.25, -0.2) is 0 Å². The van der Waals surface area contributed by atoms with E-state index < -0.39 is 47.9 Å². The van der Waals surface area contributed by atoms with Crippen LogP contribution in [0.1, 0.15) is 90.5 Å². The first-order valence-corrected chi connectivity index (χ1v) is 17.9. The van der Waals surface area contributed by atoms with Crippen molar-refractivity contribution in [3.05, 3.63) is 35.9 Å². The number of hydrogen-bond donors (Lipinski definition) is 4.